The number of aryl methyl sites for hydroxylation is 1. The molecule has 0 spiro atoms. The number of carbonyl (C=O) groups excluding carboxylic acids is 1. The monoisotopic (exact) mass is 618 g/mol. The SMILES string of the molecule is CO/C(=C/c1c(Cl)cc(C(=O)Nc2nc(-c3cccc(CCCOCC4CCCC4)c3OC)cs2)cc1Cl)C(=O)O. The molecule has 1 heterocycles. The van der Waals surface area contributed by atoms with Crippen molar-refractivity contribution in [1.82, 2.24) is 4.98 Å². The Morgan fingerprint density at radius 1 is 1.17 bits per heavy atom. The van der Waals surface area contributed by atoms with Crippen LogP contribution < -0.4 is 10.1 Å². The van der Waals surface area contributed by atoms with Crippen LogP contribution >= 0.6 is 34.5 Å². The van der Waals surface area contributed by atoms with Gasteiger partial charge in [0.1, 0.15) is 5.75 Å². The first-order chi connectivity index (χ1) is 19.8. The lowest BCUT2D eigenvalue weighted by molar-refractivity contribution is -0.135. The lowest BCUT2D eigenvalue weighted by Crippen LogP contribution is -2.12. The van der Waals surface area contributed by atoms with Crippen molar-refractivity contribution < 1.29 is 28.9 Å². The number of anilines is 1. The number of rotatable bonds is 13. The van der Waals surface area contributed by atoms with Gasteiger partial charge in [-0.1, -0.05) is 48.2 Å². The number of para-hydroxylation sites is 1. The molecule has 0 aliphatic heterocycles. The van der Waals surface area contributed by atoms with Crippen LogP contribution in [0, 0.1) is 5.92 Å². The van der Waals surface area contributed by atoms with E-state index in [-0.39, 0.29) is 26.9 Å². The molecule has 1 fully saturated rings. The summed E-state index contributed by atoms with van der Waals surface area (Å²) in [6, 6.07) is 8.78. The van der Waals surface area contributed by atoms with E-state index in [9.17, 15) is 14.7 Å². The zero-order chi connectivity index (χ0) is 29.4. The number of aromatic nitrogens is 1. The van der Waals surface area contributed by atoms with Crippen LogP contribution in [0.4, 0.5) is 5.13 Å². The number of aliphatic carboxylic acids is 1. The van der Waals surface area contributed by atoms with Crippen LogP contribution in [0.2, 0.25) is 10.0 Å². The third-order valence-electron chi connectivity index (χ3n) is 6.91. The molecule has 0 bridgehead atoms. The van der Waals surface area contributed by atoms with Gasteiger partial charge in [0.2, 0.25) is 5.76 Å². The first kappa shape index (κ1) is 30.8. The van der Waals surface area contributed by atoms with E-state index in [0.717, 1.165) is 42.9 Å². The summed E-state index contributed by atoms with van der Waals surface area (Å²) >= 11 is 13.9. The summed E-state index contributed by atoms with van der Waals surface area (Å²) in [5.41, 5.74) is 3.01. The molecule has 1 saturated carbocycles. The van der Waals surface area contributed by atoms with E-state index >= 15 is 0 Å². The summed E-state index contributed by atoms with van der Waals surface area (Å²) < 4.78 is 16.5. The van der Waals surface area contributed by atoms with E-state index in [4.69, 9.17) is 37.4 Å². The second kappa shape index (κ2) is 14.7. The Kier molecular flexibility index (Phi) is 11.0. The summed E-state index contributed by atoms with van der Waals surface area (Å²) in [4.78, 5) is 28.8. The van der Waals surface area contributed by atoms with Gasteiger partial charge in [-0.3, -0.25) is 10.1 Å². The number of nitrogens with one attached hydrogen (secondary N) is 1. The summed E-state index contributed by atoms with van der Waals surface area (Å²) in [6.07, 6.45) is 8.11. The zero-order valence-corrected chi connectivity index (χ0v) is 25.2. The van der Waals surface area contributed by atoms with Gasteiger partial charge in [-0.15, -0.1) is 11.3 Å². The number of methoxy groups -OCH3 is 2. The molecule has 2 N–H and O–H groups in total. The number of hydrogen-bond acceptors (Lipinski definition) is 7. The molecular weight excluding hydrogens is 587 g/mol. The highest BCUT2D eigenvalue weighted by molar-refractivity contribution is 7.14. The van der Waals surface area contributed by atoms with E-state index in [2.05, 4.69) is 10.3 Å². The van der Waals surface area contributed by atoms with Crippen molar-refractivity contribution in [3.63, 3.8) is 0 Å². The third-order valence-corrected chi connectivity index (χ3v) is 8.29. The van der Waals surface area contributed by atoms with Crippen LogP contribution in [0.3, 0.4) is 0 Å². The van der Waals surface area contributed by atoms with Gasteiger partial charge < -0.3 is 19.3 Å². The smallest absolute Gasteiger partial charge is 0.371 e. The Hall–Kier alpha value is -3.11. The van der Waals surface area contributed by atoms with Gasteiger partial charge in [-0.2, -0.15) is 0 Å². The Morgan fingerprint density at radius 2 is 1.90 bits per heavy atom. The molecule has 11 heteroatoms. The van der Waals surface area contributed by atoms with E-state index in [1.807, 2.05) is 23.6 Å². The lowest BCUT2D eigenvalue weighted by atomic mass is 10.0. The van der Waals surface area contributed by atoms with Crippen LogP contribution in [0.1, 0.15) is 53.6 Å². The number of nitrogens with zero attached hydrogens (tertiary/aromatic N) is 1. The summed E-state index contributed by atoms with van der Waals surface area (Å²) in [5.74, 6) is -0.606. The summed E-state index contributed by atoms with van der Waals surface area (Å²) in [7, 11) is 2.87. The number of thiazole rings is 1. The van der Waals surface area contributed by atoms with E-state index in [1.54, 1.807) is 7.11 Å². The summed E-state index contributed by atoms with van der Waals surface area (Å²) in [5, 5.41) is 14.4. The molecule has 0 unspecified atom stereocenters. The molecular formula is C30H32Cl2N2O6S. The first-order valence-corrected chi connectivity index (χ1v) is 14.9. The fourth-order valence-electron chi connectivity index (χ4n) is 4.83. The van der Waals surface area contributed by atoms with E-state index in [1.165, 1.54) is 62.3 Å². The minimum atomic E-state index is -1.27. The molecule has 1 aromatic heterocycles. The quantitative estimate of drug-likeness (QED) is 0.115. The number of halogens is 2. The molecule has 8 nitrogen and oxygen atoms in total. The summed E-state index contributed by atoms with van der Waals surface area (Å²) in [6.45, 7) is 1.57. The second-order valence-electron chi connectivity index (χ2n) is 9.69. The van der Waals surface area contributed by atoms with Crippen molar-refractivity contribution >= 4 is 57.6 Å². The Balaban J connectivity index is 1.42. The fraction of sp³-hybridized carbons (Fsp3) is 0.367. The van der Waals surface area contributed by atoms with Gasteiger partial charge in [0.05, 0.1) is 30.0 Å². The second-order valence-corrected chi connectivity index (χ2v) is 11.4. The predicted octanol–water partition coefficient (Wildman–Crippen LogP) is 7.59. The maximum absolute atomic E-state index is 13.0. The normalized spacial score (nSPS) is 13.8. The van der Waals surface area contributed by atoms with Crippen molar-refractivity contribution in [1.29, 1.82) is 0 Å². The first-order valence-electron chi connectivity index (χ1n) is 13.3. The van der Waals surface area contributed by atoms with Crippen molar-refractivity contribution in [2.75, 3.05) is 32.8 Å². The molecule has 1 aliphatic carbocycles. The Labute approximate surface area is 253 Å². The van der Waals surface area contributed by atoms with Crippen LogP contribution in [0.15, 0.2) is 41.5 Å². The third kappa shape index (κ3) is 8.01. The van der Waals surface area contributed by atoms with Gasteiger partial charge in [0.15, 0.2) is 5.13 Å². The molecule has 41 heavy (non-hydrogen) atoms. The van der Waals surface area contributed by atoms with Crippen LogP contribution in [0.25, 0.3) is 17.3 Å². The van der Waals surface area contributed by atoms with Gasteiger partial charge in [-0.25, -0.2) is 9.78 Å². The lowest BCUT2D eigenvalue weighted by Gasteiger charge is -2.13. The fourth-order valence-corrected chi connectivity index (χ4v) is 6.13. The molecule has 2 aromatic carbocycles. The van der Waals surface area contributed by atoms with Gasteiger partial charge >= 0.3 is 5.97 Å². The number of carboxylic acid groups (broad SMARTS) is 1. The number of carboxylic acids is 1. The van der Waals surface area contributed by atoms with Crippen LogP contribution in [-0.2, 0) is 20.7 Å². The maximum Gasteiger partial charge on any atom is 0.371 e. The van der Waals surface area contributed by atoms with Gasteiger partial charge in [-0.05, 0) is 61.4 Å². The molecule has 0 saturated heterocycles. The van der Waals surface area contributed by atoms with Gasteiger partial charge in [0.25, 0.3) is 5.91 Å². The number of amides is 1. The van der Waals surface area contributed by atoms with Crippen molar-refractivity contribution in [3.05, 3.63) is 68.2 Å². The van der Waals surface area contributed by atoms with E-state index < -0.39 is 11.9 Å². The van der Waals surface area contributed by atoms with Crippen molar-refractivity contribution in [3.8, 4) is 17.0 Å². The van der Waals surface area contributed by atoms with Crippen molar-refractivity contribution in [2.45, 2.75) is 38.5 Å². The van der Waals surface area contributed by atoms with Crippen molar-refractivity contribution in [2.24, 2.45) is 5.92 Å². The highest BCUT2D eigenvalue weighted by atomic mass is 35.5. The Bertz CT molecular complexity index is 1390. The largest absolute Gasteiger partial charge is 0.496 e. The van der Waals surface area contributed by atoms with Gasteiger partial charge in [0, 0.05) is 35.3 Å². The average molecular weight is 620 g/mol. The minimum Gasteiger partial charge on any atom is -0.496 e. The highest BCUT2D eigenvalue weighted by Crippen LogP contribution is 2.36. The predicted molar refractivity (Wildman–Crippen MR) is 162 cm³/mol. The molecule has 0 radical (unpaired) electrons. The Morgan fingerprint density at radius 3 is 2.56 bits per heavy atom. The number of ether oxygens (including phenoxy) is 3. The standard InChI is InChI=1S/C30H32Cl2N2O6S/c1-38-26(29(36)37)15-22-23(31)13-20(14-24(22)32)28(35)34-30-33-25(17-41-30)21-11-5-9-19(27(21)39-2)10-6-12-40-16-18-7-3-4-8-18/h5,9,11,13-15,17-18H,3-4,6-8,10,12,16H2,1-2H3,(H,36,37)(H,33,34,35)/b26-15+. The molecule has 1 aliphatic rings. The minimum absolute atomic E-state index is 0.101. The molecule has 218 valence electrons. The number of benzene rings is 2. The molecule has 3 aromatic rings. The highest BCUT2D eigenvalue weighted by Gasteiger charge is 2.19. The number of hydrogen-bond donors (Lipinski definition) is 2. The molecule has 0 atom stereocenters. The topological polar surface area (TPSA) is 107 Å². The van der Waals surface area contributed by atoms with Crippen LogP contribution in [-0.4, -0.2) is 49.4 Å². The molecule has 1 amide bonds. The molecule has 4 rings (SSSR count). The average Bonchev–Trinajstić information content (AvgIpc) is 3.64. The van der Waals surface area contributed by atoms with Crippen LogP contribution in [0.5, 0.6) is 5.75 Å². The number of carbonyl (C=O) groups is 2. The maximum atomic E-state index is 13.0. The van der Waals surface area contributed by atoms with E-state index in [0.29, 0.717) is 16.7 Å². The zero-order valence-electron chi connectivity index (χ0n) is 22.9.